The van der Waals surface area contributed by atoms with E-state index in [9.17, 15) is 14.4 Å². The summed E-state index contributed by atoms with van der Waals surface area (Å²) >= 11 is 0. The molecule has 0 bridgehead atoms. The summed E-state index contributed by atoms with van der Waals surface area (Å²) in [6.45, 7) is 4.18. The molecule has 2 fully saturated rings. The third kappa shape index (κ3) is 2.54. The highest BCUT2D eigenvalue weighted by atomic mass is 16.2. The highest BCUT2D eigenvalue weighted by Crippen LogP contribution is 2.42. The molecule has 0 aromatic rings. The molecule has 2 atom stereocenters. The van der Waals surface area contributed by atoms with E-state index < -0.39 is 6.04 Å². The van der Waals surface area contributed by atoms with Gasteiger partial charge in [0, 0.05) is 12.3 Å². The van der Waals surface area contributed by atoms with Crippen molar-refractivity contribution in [3.05, 3.63) is 0 Å². The number of carbonyl (C=O) groups is 3. The van der Waals surface area contributed by atoms with Crippen LogP contribution in [0.5, 0.6) is 0 Å². The largest absolute Gasteiger partial charge is 0.344 e. The van der Waals surface area contributed by atoms with Crippen LogP contribution in [0.3, 0.4) is 0 Å². The summed E-state index contributed by atoms with van der Waals surface area (Å²) in [5.74, 6) is -0.711. The van der Waals surface area contributed by atoms with Crippen LogP contribution in [0.2, 0.25) is 0 Å². The molecule has 100 valence electrons. The van der Waals surface area contributed by atoms with Crippen molar-refractivity contribution in [1.29, 1.82) is 0 Å². The fourth-order valence-corrected chi connectivity index (χ4v) is 2.92. The van der Waals surface area contributed by atoms with Crippen molar-refractivity contribution < 1.29 is 14.4 Å². The molecule has 3 amide bonds. The number of nitrogens with one attached hydrogen (secondary N) is 2. The van der Waals surface area contributed by atoms with Gasteiger partial charge in [0.2, 0.25) is 17.7 Å². The third-order valence-electron chi connectivity index (χ3n) is 4.13. The maximum Gasteiger partial charge on any atom is 0.249 e. The number of amides is 3. The summed E-state index contributed by atoms with van der Waals surface area (Å²) in [6.07, 6.45) is 3.68. The molecule has 1 aliphatic heterocycles. The first-order valence-corrected chi connectivity index (χ1v) is 6.54. The van der Waals surface area contributed by atoms with Gasteiger partial charge in [0.1, 0.15) is 6.04 Å². The normalized spacial score (nSPS) is 31.0. The maximum atomic E-state index is 12.2. The minimum Gasteiger partial charge on any atom is -0.344 e. The minimum atomic E-state index is -0.549. The van der Waals surface area contributed by atoms with Crippen LogP contribution in [0, 0.1) is 11.3 Å². The molecular formula is C13H20N2O3. The first-order valence-electron chi connectivity index (χ1n) is 6.54. The lowest BCUT2D eigenvalue weighted by molar-refractivity contribution is -0.138. The monoisotopic (exact) mass is 252 g/mol. The van der Waals surface area contributed by atoms with Crippen molar-refractivity contribution in [1.82, 2.24) is 10.6 Å². The second-order valence-corrected chi connectivity index (χ2v) is 5.95. The number of hydrogen-bond donors (Lipinski definition) is 2. The van der Waals surface area contributed by atoms with Gasteiger partial charge in [0.25, 0.3) is 0 Å². The van der Waals surface area contributed by atoms with Crippen LogP contribution in [-0.4, -0.2) is 23.8 Å². The number of hydrogen-bond acceptors (Lipinski definition) is 3. The lowest BCUT2D eigenvalue weighted by Gasteiger charge is -2.29. The second kappa shape index (κ2) is 4.71. The molecule has 1 heterocycles. The molecule has 2 aliphatic rings. The van der Waals surface area contributed by atoms with E-state index in [4.69, 9.17) is 0 Å². The average Bonchev–Trinajstić information content (AvgIpc) is 2.62. The topological polar surface area (TPSA) is 75.3 Å². The summed E-state index contributed by atoms with van der Waals surface area (Å²) in [7, 11) is 0. The molecule has 2 N–H and O–H groups in total. The van der Waals surface area contributed by atoms with Crippen molar-refractivity contribution in [2.45, 2.75) is 52.0 Å². The number of rotatable bonds is 2. The molecule has 18 heavy (non-hydrogen) atoms. The number of piperidine rings is 1. The summed E-state index contributed by atoms with van der Waals surface area (Å²) in [4.78, 5) is 34.8. The van der Waals surface area contributed by atoms with Gasteiger partial charge in [-0.05, 0) is 24.7 Å². The van der Waals surface area contributed by atoms with Gasteiger partial charge in [-0.2, -0.15) is 0 Å². The molecule has 1 saturated carbocycles. The van der Waals surface area contributed by atoms with Gasteiger partial charge in [0.15, 0.2) is 0 Å². The van der Waals surface area contributed by atoms with Crippen LogP contribution in [0.15, 0.2) is 0 Å². The minimum absolute atomic E-state index is 0.00501. The Morgan fingerprint density at radius 2 is 2.06 bits per heavy atom. The summed E-state index contributed by atoms with van der Waals surface area (Å²) in [5.41, 5.74) is 0.00501. The maximum absolute atomic E-state index is 12.2. The van der Waals surface area contributed by atoms with Crippen molar-refractivity contribution in [2.75, 3.05) is 0 Å². The molecule has 5 heteroatoms. The Morgan fingerprint density at radius 1 is 1.33 bits per heavy atom. The molecule has 2 unspecified atom stereocenters. The zero-order valence-electron chi connectivity index (χ0n) is 10.9. The third-order valence-corrected chi connectivity index (χ3v) is 4.13. The van der Waals surface area contributed by atoms with E-state index in [-0.39, 0.29) is 29.1 Å². The van der Waals surface area contributed by atoms with Gasteiger partial charge in [0.05, 0.1) is 0 Å². The Balaban J connectivity index is 1.95. The molecule has 1 saturated heterocycles. The van der Waals surface area contributed by atoms with Crippen LogP contribution < -0.4 is 10.6 Å². The zero-order valence-corrected chi connectivity index (χ0v) is 10.9. The van der Waals surface area contributed by atoms with E-state index in [1.165, 1.54) is 0 Å². The lowest BCUT2D eigenvalue weighted by atomic mass is 9.81. The highest BCUT2D eigenvalue weighted by molar-refractivity contribution is 6.01. The number of imide groups is 1. The first kappa shape index (κ1) is 13.1. The molecule has 2 rings (SSSR count). The zero-order chi connectivity index (χ0) is 13.3. The van der Waals surface area contributed by atoms with E-state index in [1.807, 2.05) is 0 Å². The molecule has 5 nitrogen and oxygen atoms in total. The average molecular weight is 252 g/mol. The smallest absolute Gasteiger partial charge is 0.249 e. The standard InChI is InChI=1S/C13H20N2O3/c1-13(2)7-3-4-8(13)11(17)14-9-5-6-10(16)15-12(9)18/h8-9H,3-7H2,1-2H3,(H,14,17)(H,15,16,18). The van der Waals surface area contributed by atoms with Crippen LogP contribution in [0.1, 0.15) is 46.0 Å². The highest BCUT2D eigenvalue weighted by Gasteiger charge is 2.40. The van der Waals surface area contributed by atoms with E-state index >= 15 is 0 Å². The Hall–Kier alpha value is -1.39. The van der Waals surface area contributed by atoms with Crippen LogP contribution in [0.4, 0.5) is 0 Å². The van der Waals surface area contributed by atoms with Crippen LogP contribution in [-0.2, 0) is 14.4 Å². The summed E-state index contributed by atoms with van der Waals surface area (Å²) in [6, 6.07) is -0.549. The van der Waals surface area contributed by atoms with Crippen LogP contribution in [0.25, 0.3) is 0 Å². The van der Waals surface area contributed by atoms with Crippen LogP contribution >= 0.6 is 0 Å². The van der Waals surface area contributed by atoms with Crippen molar-refractivity contribution >= 4 is 17.7 Å². The van der Waals surface area contributed by atoms with Crippen molar-refractivity contribution in [2.24, 2.45) is 11.3 Å². The van der Waals surface area contributed by atoms with Gasteiger partial charge in [-0.15, -0.1) is 0 Å². The van der Waals surface area contributed by atoms with Gasteiger partial charge in [-0.1, -0.05) is 20.3 Å². The van der Waals surface area contributed by atoms with E-state index in [2.05, 4.69) is 24.5 Å². The lowest BCUT2D eigenvalue weighted by Crippen LogP contribution is -2.54. The van der Waals surface area contributed by atoms with E-state index in [0.717, 1.165) is 19.3 Å². The van der Waals surface area contributed by atoms with Gasteiger partial charge >= 0.3 is 0 Å². The molecule has 1 aliphatic carbocycles. The predicted octanol–water partition coefficient (Wildman–Crippen LogP) is 0.734. The summed E-state index contributed by atoms with van der Waals surface area (Å²) in [5, 5.41) is 5.04. The van der Waals surface area contributed by atoms with Gasteiger partial charge < -0.3 is 5.32 Å². The Morgan fingerprint density at radius 3 is 2.61 bits per heavy atom. The van der Waals surface area contributed by atoms with Gasteiger partial charge in [-0.3, -0.25) is 19.7 Å². The van der Waals surface area contributed by atoms with Crippen molar-refractivity contribution in [3.63, 3.8) is 0 Å². The first-order chi connectivity index (χ1) is 8.40. The SMILES string of the molecule is CC1(C)CCCC1C(=O)NC1CCC(=O)NC1=O. The quantitative estimate of drug-likeness (QED) is 0.712. The molecule has 0 aromatic heterocycles. The Labute approximate surface area is 107 Å². The fourth-order valence-electron chi connectivity index (χ4n) is 2.92. The Bertz CT molecular complexity index is 390. The van der Waals surface area contributed by atoms with E-state index in [1.54, 1.807) is 0 Å². The second-order valence-electron chi connectivity index (χ2n) is 5.95. The molecule has 0 spiro atoms. The molecule has 0 aromatic carbocycles. The predicted molar refractivity (Wildman–Crippen MR) is 65.4 cm³/mol. The Kier molecular flexibility index (Phi) is 3.41. The fraction of sp³-hybridized carbons (Fsp3) is 0.769. The molecular weight excluding hydrogens is 232 g/mol. The van der Waals surface area contributed by atoms with Gasteiger partial charge in [-0.25, -0.2) is 0 Å². The number of carbonyl (C=O) groups excluding carboxylic acids is 3. The molecule has 0 radical (unpaired) electrons. The van der Waals surface area contributed by atoms with E-state index in [0.29, 0.717) is 12.8 Å². The van der Waals surface area contributed by atoms with Crippen molar-refractivity contribution in [3.8, 4) is 0 Å². The summed E-state index contributed by atoms with van der Waals surface area (Å²) < 4.78 is 0.